The second-order valence-electron chi connectivity index (χ2n) is 3.34. The summed E-state index contributed by atoms with van der Waals surface area (Å²) in [5, 5.41) is 13.2. The van der Waals surface area contributed by atoms with Crippen molar-refractivity contribution in [2.75, 3.05) is 13.1 Å². The molecule has 0 aromatic carbocycles. The van der Waals surface area contributed by atoms with E-state index in [2.05, 4.69) is 10.3 Å². The molecular weight excluding hydrogens is 190 g/mol. The number of aliphatic hydroxyl groups excluding tert-OH is 1. The maximum atomic E-state index is 9.63. The molecule has 2 rings (SSSR count). The molecule has 13 heavy (non-hydrogen) atoms. The Morgan fingerprint density at radius 3 is 2.92 bits per heavy atom. The van der Waals surface area contributed by atoms with Gasteiger partial charge in [0.2, 0.25) is 5.28 Å². The number of rotatable bonds is 1. The van der Waals surface area contributed by atoms with E-state index in [0.717, 1.165) is 12.2 Å². The number of hydrogen-bond donors (Lipinski definition) is 2. The van der Waals surface area contributed by atoms with E-state index < -0.39 is 0 Å². The van der Waals surface area contributed by atoms with Crippen LogP contribution in [0, 0.1) is 0 Å². The first-order valence-corrected chi connectivity index (χ1v) is 4.64. The summed E-state index contributed by atoms with van der Waals surface area (Å²) in [4.78, 5) is 3.98. The number of aliphatic hydroxyl groups is 1. The maximum Gasteiger partial charge on any atom is 0.202 e. The van der Waals surface area contributed by atoms with Crippen LogP contribution in [0.15, 0.2) is 6.20 Å². The van der Waals surface area contributed by atoms with Crippen LogP contribution in [-0.4, -0.2) is 33.9 Å². The lowest BCUT2D eigenvalue weighted by Gasteiger charge is -2.13. The van der Waals surface area contributed by atoms with Gasteiger partial charge in [-0.15, -0.1) is 0 Å². The zero-order valence-corrected chi connectivity index (χ0v) is 8.12. The molecule has 0 amide bonds. The number of nitrogens with one attached hydrogen (secondary N) is 1. The molecule has 0 saturated carbocycles. The molecule has 0 unspecified atom stereocenters. The summed E-state index contributed by atoms with van der Waals surface area (Å²) in [6.07, 6.45) is 1.40. The van der Waals surface area contributed by atoms with Crippen molar-refractivity contribution in [2.24, 2.45) is 7.05 Å². The van der Waals surface area contributed by atoms with Crippen molar-refractivity contribution in [1.29, 1.82) is 0 Å². The third kappa shape index (κ3) is 1.45. The van der Waals surface area contributed by atoms with E-state index in [1.807, 2.05) is 11.6 Å². The standard InChI is InChI=1S/C8H12ClN3O/c1-12-6(3-11-8(12)9)5-2-10-4-7(5)13/h3,5,7,10,13H,2,4H2,1H3/t5-,7+/m0/s1. The molecule has 4 nitrogen and oxygen atoms in total. The van der Waals surface area contributed by atoms with Gasteiger partial charge in [-0.2, -0.15) is 0 Å². The van der Waals surface area contributed by atoms with Gasteiger partial charge in [0.1, 0.15) is 0 Å². The predicted molar refractivity (Wildman–Crippen MR) is 49.8 cm³/mol. The number of aromatic nitrogens is 2. The van der Waals surface area contributed by atoms with Crippen LogP contribution in [-0.2, 0) is 7.05 Å². The third-order valence-electron chi connectivity index (χ3n) is 2.53. The Morgan fingerprint density at radius 2 is 2.46 bits per heavy atom. The Labute approximate surface area is 81.5 Å². The van der Waals surface area contributed by atoms with E-state index in [1.165, 1.54) is 0 Å². The van der Waals surface area contributed by atoms with Gasteiger partial charge in [0.05, 0.1) is 12.3 Å². The van der Waals surface area contributed by atoms with Gasteiger partial charge in [0.25, 0.3) is 0 Å². The van der Waals surface area contributed by atoms with Crippen LogP contribution in [0.25, 0.3) is 0 Å². The smallest absolute Gasteiger partial charge is 0.202 e. The van der Waals surface area contributed by atoms with Crippen LogP contribution >= 0.6 is 11.6 Å². The van der Waals surface area contributed by atoms with E-state index in [-0.39, 0.29) is 12.0 Å². The average molecular weight is 202 g/mol. The molecule has 2 atom stereocenters. The zero-order chi connectivity index (χ0) is 9.42. The summed E-state index contributed by atoms with van der Waals surface area (Å²) in [5.74, 6) is 0.116. The van der Waals surface area contributed by atoms with Gasteiger partial charge in [-0.05, 0) is 11.6 Å². The Bertz CT molecular complexity index is 312. The minimum Gasteiger partial charge on any atom is -0.391 e. The van der Waals surface area contributed by atoms with Crippen LogP contribution in [0.3, 0.4) is 0 Å². The van der Waals surface area contributed by atoms with Gasteiger partial charge in [0.15, 0.2) is 0 Å². The lowest BCUT2D eigenvalue weighted by Crippen LogP contribution is -2.18. The van der Waals surface area contributed by atoms with Gasteiger partial charge < -0.3 is 15.0 Å². The number of halogens is 1. The molecule has 0 aliphatic carbocycles. The van der Waals surface area contributed by atoms with Crippen LogP contribution in [0.2, 0.25) is 5.28 Å². The first kappa shape index (κ1) is 8.99. The topological polar surface area (TPSA) is 50.1 Å². The minimum absolute atomic E-state index is 0.116. The van der Waals surface area contributed by atoms with Crippen molar-refractivity contribution in [3.05, 3.63) is 17.2 Å². The first-order valence-electron chi connectivity index (χ1n) is 4.26. The van der Waals surface area contributed by atoms with Crippen LogP contribution in [0.4, 0.5) is 0 Å². The van der Waals surface area contributed by atoms with Gasteiger partial charge in [0, 0.05) is 31.7 Å². The summed E-state index contributed by atoms with van der Waals surface area (Å²) < 4.78 is 1.81. The van der Waals surface area contributed by atoms with Crippen LogP contribution in [0.5, 0.6) is 0 Å². The van der Waals surface area contributed by atoms with Crippen LogP contribution in [0.1, 0.15) is 11.6 Å². The second kappa shape index (κ2) is 3.29. The number of hydrogen-bond acceptors (Lipinski definition) is 3. The number of nitrogens with zero attached hydrogens (tertiary/aromatic N) is 2. The van der Waals surface area contributed by atoms with Crippen LogP contribution < -0.4 is 5.32 Å². The molecule has 1 aliphatic rings. The Balaban J connectivity index is 2.29. The summed E-state index contributed by atoms with van der Waals surface area (Å²) in [6, 6.07) is 0. The highest BCUT2D eigenvalue weighted by molar-refractivity contribution is 6.28. The SMILES string of the molecule is Cn1c([C@@H]2CNC[C@H]2O)cnc1Cl. The molecule has 2 heterocycles. The highest BCUT2D eigenvalue weighted by atomic mass is 35.5. The summed E-state index contributed by atoms with van der Waals surface area (Å²) >= 11 is 5.81. The molecule has 72 valence electrons. The Kier molecular flexibility index (Phi) is 2.27. The van der Waals surface area contributed by atoms with Crippen molar-refractivity contribution in [1.82, 2.24) is 14.9 Å². The molecule has 0 spiro atoms. The van der Waals surface area contributed by atoms with E-state index in [4.69, 9.17) is 11.6 Å². The number of imidazole rings is 1. The van der Waals surface area contributed by atoms with Crippen molar-refractivity contribution < 1.29 is 5.11 Å². The fourth-order valence-electron chi connectivity index (χ4n) is 1.71. The third-order valence-corrected chi connectivity index (χ3v) is 2.88. The second-order valence-corrected chi connectivity index (χ2v) is 3.68. The highest BCUT2D eigenvalue weighted by Gasteiger charge is 2.29. The van der Waals surface area contributed by atoms with E-state index in [9.17, 15) is 5.11 Å². The zero-order valence-electron chi connectivity index (χ0n) is 7.37. The molecule has 5 heteroatoms. The van der Waals surface area contributed by atoms with Gasteiger partial charge in [-0.25, -0.2) is 4.98 Å². The monoisotopic (exact) mass is 201 g/mol. The molecule has 0 bridgehead atoms. The van der Waals surface area contributed by atoms with Crippen molar-refractivity contribution in [2.45, 2.75) is 12.0 Å². The highest BCUT2D eigenvalue weighted by Crippen LogP contribution is 2.24. The normalized spacial score (nSPS) is 28.2. The summed E-state index contributed by atoms with van der Waals surface area (Å²) in [5.41, 5.74) is 0.988. The lowest BCUT2D eigenvalue weighted by molar-refractivity contribution is 0.175. The van der Waals surface area contributed by atoms with Crippen molar-refractivity contribution in [3.8, 4) is 0 Å². The molecule has 1 aliphatic heterocycles. The Hall–Kier alpha value is -0.580. The van der Waals surface area contributed by atoms with Crippen molar-refractivity contribution in [3.63, 3.8) is 0 Å². The van der Waals surface area contributed by atoms with Gasteiger partial charge in [-0.3, -0.25) is 0 Å². The summed E-state index contributed by atoms with van der Waals surface area (Å²) in [7, 11) is 1.86. The number of β-amino-alcohol motifs (C(OH)–C–C–N with tert-alkyl or cyclic N) is 1. The first-order chi connectivity index (χ1) is 6.20. The summed E-state index contributed by atoms with van der Waals surface area (Å²) in [6.45, 7) is 1.44. The Morgan fingerprint density at radius 1 is 1.69 bits per heavy atom. The molecule has 0 radical (unpaired) electrons. The fourth-order valence-corrected chi connectivity index (χ4v) is 1.86. The minimum atomic E-state index is -0.327. The molecule has 1 fully saturated rings. The predicted octanol–water partition coefficient (Wildman–Crippen LogP) is 0.121. The molecular formula is C8H12ClN3O. The van der Waals surface area contributed by atoms with E-state index >= 15 is 0 Å². The quantitative estimate of drug-likeness (QED) is 0.679. The maximum absolute atomic E-state index is 9.63. The van der Waals surface area contributed by atoms with E-state index in [0.29, 0.717) is 11.8 Å². The average Bonchev–Trinajstić information content (AvgIpc) is 2.62. The van der Waals surface area contributed by atoms with Gasteiger partial charge in [-0.1, -0.05) is 0 Å². The molecule has 1 saturated heterocycles. The molecule has 2 N–H and O–H groups in total. The molecule has 1 aromatic heterocycles. The van der Waals surface area contributed by atoms with Gasteiger partial charge >= 0.3 is 0 Å². The van der Waals surface area contributed by atoms with Crippen molar-refractivity contribution >= 4 is 11.6 Å². The van der Waals surface area contributed by atoms with E-state index in [1.54, 1.807) is 6.20 Å². The lowest BCUT2D eigenvalue weighted by atomic mass is 10.0. The molecule has 1 aromatic rings. The largest absolute Gasteiger partial charge is 0.391 e. The fraction of sp³-hybridized carbons (Fsp3) is 0.625.